The number of hydrogen-bond donors (Lipinski definition) is 2. The summed E-state index contributed by atoms with van der Waals surface area (Å²) in [6.07, 6.45) is 0.671. The maximum absolute atomic E-state index is 13.0. The molecule has 0 atom stereocenters. The van der Waals surface area contributed by atoms with Crippen molar-refractivity contribution in [3.8, 4) is 0 Å². The Morgan fingerprint density at radius 3 is 2.47 bits per heavy atom. The van der Waals surface area contributed by atoms with Gasteiger partial charge in [0.1, 0.15) is 0 Å². The lowest BCUT2D eigenvalue weighted by molar-refractivity contribution is 0.0220. The minimum atomic E-state index is -0.860. The second-order valence-electron chi connectivity index (χ2n) is 4.18. The molecule has 0 spiro atoms. The van der Waals surface area contributed by atoms with Crippen LogP contribution >= 0.6 is 0 Å². The van der Waals surface area contributed by atoms with Crippen molar-refractivity contribution in [3.05, 3.63) is 35.4 Å². The van der Waals surface area contributed by atoms with E-state index in [4.69, 9.17) is 5.73 Å². The van der Waals surface area contributed by atoms with Gasteiger partial charge in [-0.25, -0.2) is 8.78 Å². The topological polar surface area (TPSA) is 46.2 Å². The Hall–Kier alpha value is -1.00. The van der Waals surface area contributed by atoms with Gasteiger partial charge in [0.2, 0.25) is 0 Å². The SMILES string of the molecule is NCC1(c2ccc(F)c(F)c2)CC(O)C1. The number of benzene rings is 1. The summed E-state index contributed by atoms with van der Waals surface area (Å²) in [5.74, 6) is -1.72. The average molecular weight is 213 g/mol. The van der Waals surface area contributed by atoms with Gasteiger partial charge in [0.05, 0.1) is 6.10 Å². The van der Waals surface area contributed by atoms with Crippen molar-refractivity contribution in [3.63, 3.8) is 0 Å². The first-order valence-electron chi connectivity index (χ1n) is 4.91. The molecule has 1 fully saturated rings. The number of hydrogen-bond acceptors (Lipinski definition) is 2. The molecule has 0 aliphatic heterocycles. The van der Waals surface area contributed by atoms with E-state index in [1.807, 2.05) is 0 Å². The van der Waals surface area contributed by atoms with E-state index in [9.17, 15) is 13.9 Å². The molecule has 0 saturated heterocycles. The lowest BCUT2D eigenvalue weighted by Gasteiger charge is -2.45. The van der Waals surface area contributed by atoms with Crippen molar-refractivity contribution in [2.45, 2.75) is 24.4 Å². The van der Waals surface area contributed by atoms with Crippen LogP contribution in [0.5, 0.6) is 0 Å². The molecule has 2 rings (SSSR count). The quantitative estimate of drug-likeness (QED) is 0.778. The fourth-order valence-electron chi connectivity index (χ4n) is 2.19. The monoisotopic (exact) mass is 213 g/mol. The van der Waals surface area contributed by atoms with Crippen molar-refractivity contribution in [2.24, 2.45) is 5.73 Å². The van der Waals surface area contributed by atoms with Gasteiger partial charge >= 0.3 is 0 Å². The summed E-state index contributed by atoms with van der Waals surface area (Å²) in [6, 6.07) is 3.82. The Kier molecular flexibility index (Phi) is 2.48. The third kappa shape index (κ3) is 1.64. The molecule has 0 amide bonds. The van der Waals surface area contributed by atoms with Crippen molar-refractivity contribution in [1.29, 1.82) is 0 Å². The summed E-state index contributed by atoms with van der Waals surface area (Å²) in [5, 5.41) is 9.28. The smallest absolute Gasteiger partial charge is 0.159 e. The average Bonchev–Trinajstić information content (AvgIpc) is 2.17. The maximum atomic E-state index is 13.0. The predicted octanol–water partition coefficient (Wildman–Crippen LogP) is 1.32. The van der Waals surface area contributed by atoms with Crippen LogP contribution in [0.15, 0.2) is 18.2 Å². The van der Waals surface area contributed by atoms with E-state index in [1.165, 1.54) is 12.1 Å². The zero-order valence-corrected chi connectivity index (χ0v) is 8.21. The van der Waals surface area contributed by atoms with Crippen LogP contribution in [0, 0.1) is 11.6 Å². The molecule has 0 bridgehead atoms. The van der Waals surface area contributed by atoms with Gasteiger partial charge in [0, 0.05) is 12.0 Å². The largest absolute Gasteiger partial charge is 0.393 e. The van der Waals surface area contributed by atoms with E-state index < -0.39 is 11.6 Å². The van der Waals surface area contributed by atoms with Crippen molar-refractivity contribution < 1.29 is 13.9 Å². The van der Waals surface area contributed by atoms with Crippen LogP contribution in [0.3, 0.4) is 0 Å². The number of rotatable bonds is 2. The molecule has 0 unspecified atom stereocenters. The summed E-state index contributed by atoms with van der Waals surface area (Å²) in [7, 11) is 0. The van der Waals surface area contributed by atoms with Crippen molar-refractivity contribution >= 4 is 0 Å². The van der Waals surface area contributed by atoms with Gasteiger partial charge in [0.25, 0.3) is 0 Å². The Morgan fingerprint density at radius 2 is 2.00 bits per heavy atom. The fraction of sp³-hybridized carbons (Fsp3) is 0.455. The standard InChI is InChI=1S/C11H13F2NO/c12-9-2-1-7(3-10(9)13)11(6-14)4-8(15)5-11/h1-3,8,15H,4-6,14H2. The highest BCUT2D eigenvalue weighted by molar-refractivity contribution is 5.30. The van der Waals surface area contributed by atoms with Gasteiger partial charge in [-0.15, -0.1) is 0 Å². The zero-order chi connectivity index (χ0) is 11.1. The second kappa shape index (κ2) is 3.54. The van der Waals surface area contributed by atoms with Gasteiger partial charge in [-0.2, -0.15) is 0 Å². The van der Waals surface area contributed by atoms with Crippen LogP contribution in [0.25, 0.3) is 0 Å². The molecule has 1 aliphatic carbocycles. The van der Waals surface area contributed by atoms with E-state index in [2.05, 4.69) is 0 Å². The third-order valence-corrected chi connectivity index (χ3v) is 3.18. The normalized spacial score (nSPS) is 30.0. The van der Waals surface area contributed by atoms with E-state index in [1.54, 1.807) is 0 Å². The van der Waals surface area contributed by atoms with Gasteiger partial charge in [0.15, 0.2) is 11.6 Å². The Labute approximate surface area is 86.7 Å². The third-order valence-electron chi connectivity index (χ3n) is 3.18. The molecule has 3 N–H and O–H groups in total. The molecule has 1 aliphatic rings. The summed E-state index contributed by atoms with van der Waals surface area (Å²) < 4.78 is 25.8. The van der Waals surface area contributed by atoms with Crippen molar-refractivity contribution in [1.82, 2.24) is 0 Å². The molecule has 82 valence electrons. The highest BCUT2D eigenvalue weighted by Crippen LogP contribution is 2.43. The number of aliphatic hydroxyl groups excluding tert-OH is 1. The second-order valence-corrected chi connectivity index (χ2v) is 4.18. The van der Waals surface area contributed by atoms with Crippen LogP contribution in [0.4, 0.5) is 8.78 Å². The predicted molar refractivity (Wildman–Crippen MR) is 52.3 cm³/mol. The lowest BCUT2D eigenvalue weighted by Crippen LogP contribution is -2.49. The molecule has 1 aromatic rings. The minimum Gasteiger partial charge on any atom is -0.393 e. The van der Waals surface area contributed by atoms with Gasteiger partial charge in [-0.1, -0.05) is 6.07 Å². The van der Waals surface area contributed by atoms with Gasteiger partial charge in [-0.3, -0.25) is 0 Å². The molecule has 0 radical (unpaired) electrons. The number of halogens is 2. The lowest BCUT2D eigenvalue weighted by atomic mass is 9.63. The summed E-state index contributed by atoms with van der Waals surface area (Å²) >= 11 is 0. The van der Waals surface area contributed by atoms with Crippen LogP contribution < -0.4 is 5.73 Å². The number of nitrogens with two attached hydrogens (primary N) is 1. The molecule has 15 heavy (non-hydrogen) atoms. The molecule has 1 aromatic carbocycles. The van der Waals surface area contributed by atoms with Gasteiger partial charge < -0.3 is 10.8 Å². The van der Waals surface area contributed by atoms with E-state index >= 15 is 0 Å². The summed E-state index contributed by atoms with van der Waals surface area (Å²) in [5.41, 5.74) is 5.93. The minimum absolute atomic E-state index is 0.342. The summed E-state index contributed by atoms with van der Waals surface area (Å²) in [6.45, 7) is 0.342. The van der Waals surface area contributed by atoms with Crippen LogP contribution in [0.1, 0.15) is 18.4 Å². The molecular weight excluding hydrogens is 200 g/mol. The Morgan fingerprint density at radius 1 is 1.33 bits per heavy atom. The zero-order valence-electron chi connectivity index (χ0n) is 8.21. The molecule has 0 aromatic heterocycles. The van der Waals surface area contributed by atoms with Crippen LogP contribution in [0.2, 0.25) is 0 Å². The van der Waals surface area contributed by atoms with Gasteiger partial charge in [-0.05, 0) is 30.5 Å². The molecule has 4 heteroatoms. The van der Waals surface area contributed by atoms with Crippen molar-refractivity contribution in [2.75, 3.05) is 6.54 Å². The highest BCUT2D eigenvalue weighted by atomic mass is 19.2. The molecular formula is C11H13F2NO. The maximum Gasteiger partial charge on any atom is 0.159 e. The first-order chi connectivity index (χ1) is 7.07. The highest BCUT2D eigenvalue weighted by Gasteiger charge is 2.43. The van der Waals surface area contributed by atoms with E-state index in [0.29, 0.717) is 24.9 Å². The van der Waals surface area contributed by atoms with Crippen LogP contribution in [-0.2, 0) is 5.41 Å². The first-order valence-corrected chi connectivity index (χ1v) is 4.91. The van der Waals surface area contributed by atoms with E-state index in [0.717, 1.165) is 6.07 Å². The fourth-order valence-corrected chi connectivity index (χ4v) is 2.19. The summed E-state index contributed by atoms with van der Waals surface area (Å²) in [4.78, 5) is 0. The van der Waals surface area contributed by atoms with Crippen LogP contribution in [-0.4, -0.2) is 17.8 Å². The Balaban J connectivity index is 2.32. The number of aliphatic hydroxyl groups is 1. The Bertz CT molecular complexity index is 375. The first kappa shape index (κ1) is 10.5. The van der Waals surface area contributed by atoms with E-state index in [-0.39, 0.29) is 11.5 Å². The molecule has 0 heterocycles. The molecule has 2 nitrogen and oxygen atoms in total. The molecule has 1 saturated carbocycles.